The van der Waals surface area contributed by atoms with E-state index in [1.165, 1.54) is 32.8 Å². The summed E-state index contributed by atoms with van der Waals surface area (Å²) in [6.45, 7) is 1.99. The normalized spacial score (nSPS) is 25.8. The van der Waals surface area contributed by atoms with Gasteiger partial charge in [-0.2, -0.15) is 0 Å². The van der Waals surface area contributed by atoms with Crippen LogP contribution in [0.1, 0.15) is 25.7 Å². The van der Waals surface area contributed by atoms with Gasteiger partial charge < -0.3 is 10.1 Å². The van der Waals surface area contributed by atoms with Crippen molar-refractivity contribution in [3.63, 3.8) is 0 Å². The van der Waals surface area contributed by atoms with Crippen molar-refractivity contribution in [2.45, 2.75) is 25.7 Å². The second-order valence-electron chi connectivity index (χ2n) is 4.51. The zero-order valence-corrected chi connectivity index (χ0v) is 8.79. The first-order valence-corrected chi connectivity index (χ1v) is 5.61. The maximum absolute atomic E-state index is 11.7. The zero-order chi connectivity index (χ0) is 9.97. The molecule has 2 rings (SSSR count). The van der Waals surface area contributed by atoms with Crippen molar-refractivity contribution in [1.29, 1.82) is 0 Å². The Kier molecular flexibility index (Phi) is 3.06. The molecule has 0 bridgehead atoms. The van der Waals surface area contributed by atoms with Crippen molar-refractivity contribution < 1.29 is 9.53 Å². The summed E-state index contributed by atoms with van der Waals surface area (Å²) in [5, 5.41) is 3.24. The van der Waals surface area contributed by atoms with E-state index in [1.807, 2.05) is 0 Å². The Morgan fingerprint density at radius 3 is 2.36 bits per heavy atom. The summed E-state index contributed by atoms with van der Waals surface area (Å²) in [6, 6.07) is 0. The first-order valence-electron chi connectivity index (χ1n) is 5.61. The highest BCUT2D eigenvalue weighted by Crippen LogP contribution is 2.37. The predicted octanol–water partition coefficient (Wildman–Crippen LogP) is 1.19. The lowest BCUT2D eigenvalue weighted by atomic mass is 9.77. The number of nitrogens with one attached hydrogen (secondary N) is 1. The standard InChI is InChI=1S/C11H19NO2/c1-14-11(13)10(9-6-12-7-9)8-4-2-3-5-8/h8-10,12H,2-7H2,1H3. The van der Waals surface area contributed by atoms with Gasteiger partial charge in [0.1, 0.15) is 0 Å². The van der Waals surface area contributed by atoms with Crippen LogP contribution in [-0.4, -0.2) is 26.2 Å². The van der Waals surface area contributed by atoms with Gasteiger partial charge in [0, 0.05) is 13.1 Å². The summed E-state index contributed by atoms with van der Waals surface area (Å²) in [5.41, 5.74) is 0. The molecule has 14 heavy (non-hydrogen) atoms. The van der Waals surface area contributed by atoms with Crippen molar-refractivity contribution in [3.8, 4) is 0 Å². The van der Waals surface area contributed by atoms with Crippen molar-refractivity contribution in [3.05, 3.63) is 0 Å². The van der Waals surface area contributed by atoms with Gasteiger partial charge in [0.25, 0.3) is 0 Å². The lowest BCUT2D eigenvalue weighted by molar-refractivity contribution is -0.150. The van der Waals surface area contributed by atoms with Crippen LogP contribution in [0.2, 0.25) is 0 Å². The van der Waals surface area contributed by atoms with Crippen LogP contribution in [0.3, 0.4) is 0 Å². The molecule has 0 amide bonds. The number of hydrogen-bond donors (Lipinski definition) is 1. The molecule has 1 aliphatic carbocycles. The molecule has 0 aromatic heterocycles. The monoisotopic (exact) mass is 197 g/mol. The number of methoxy groups -OCH3 is 1. The van der Waals surface area contributed by atoms with E-state index < -0.39 is 0 Å². The largest absolute Gasteiger partial charge is 0.469 e. The highest BCUT2D eigenvalue weighted by atomic mass is 16.5. The van der Waals surface area contributed by atoms with Gasteiger partial charge in [-0.3, -0.25) is 4.79 Å². The summed E-state index contributed by atoms with van der Waals surface area (Å²) < 4.78 is 4.91. The van der Waals surface area contributed by atoms with Crippen LogP contribution < -0.4 is 5.32 Å². The number of rotatable bonds is 3. The van der Waals surface area contributed by atoms with Gasteiger partial charge in [-0.15, -0.1) is 0 Å². The lowest BCUT2D eigenvalue weighted by Crippen LogP contribution is -2.50. The van der Waals surface area contributed by atoms with Crippen LogP contribution in [-0.2, 0) is 9.53 Å². The average Bonchev–Trinajstić information content (AvgIpc) is 2.62. The summed E-state index contributed by atoms with van der Waals surface area (Å²) >= 11 is 0. The molecule has 2 fully saturated rings. The van der Waals surface area contributed by atoms with E-state index in [9.17, 15) is 4.79 Å². The van der Waals surface area contributed by atoms with E-state index in [0.717, 1.165) is 13.1 Å². The van der Waals surface area contributed by atoms with E-state index in [-0.39, 0.29) is 11.9 Å². The second kappa shape index (κ2) is 4.30. The first kappa shape index (κ1) is 9.97. The molecule has 1 aliphatic heterocycles. The fourth-order valence-corrected chi connectivity index (χ4v) is 2.79. The number of hydrogen-bond acceptors (Lipinski definition) is 3. The molecule has 0 spiro atoms. The molecule has 1 saturated carbocycles. The Hall–Kier alpha value is -0.570. The SMILES string of the molecule is COC(=O)C(C1CCCC1)C1CNC1. The van der Waals surface area contributed by atoms with Crippen molar-refractivity contribution in [2.24, 2.45) is 17.8 Å². The summed E-state index contributed by atoms with van der Waals surface area (Å²) in [5.74, 6) is 1.31. The highest BCUT2D eigenvalue weighted by Gasteiger charge is 2.39. The molecule has 0 aromatic rings. The molecule has 3 nitrogen and oxygen atoms in total. The summed E-state index contributed by atoms with van der Waals surface area (Å²) in [6.07, 6.45) is 5.02. The van der Waals surface area contributed by atoms with Crippen LogP contribution in [0.4, 0.5) is 0 Å². The summed E-state index contributed by atoms with van der Waals surface area (Å²) in [4.78, 5) is 11.7. The topological polar surface area (TPSA) is 38.3 Å². The molecule has 0 aromatic carbocycles. The van der Waals surface area contributed by atoms with Crippen molar-refractivity contribution in [1.82, 2.24) is 5.32 Å². The third kappa shape index (κ3) is 1.78. The van der Waals surface area contributed by atoms with Gasteiger partial charge in [0.2, 0.25) is 0 Å². The van der Waals surface area contributed by atoms with Crippen LogP contribution in [0.15, 0.2) is 0 Å². The van der Waals surface area contributed by atoms with Gasteiger partial charge in [0.05, 0.1) is 13.0 Å². The molecule has 1 N–H and O–H groups in total. The molecule has 1 saturated heterocycles. The number of esters is 1. The van der Waals surface area contributed by atoms with Crippen LogP contribution in [0.25, 0.3) is 0 Å². The third-order valence-electron chi connectivity index (χ3n) is 3.70. The number of ether oxygens (including phenoxy) is 1. The Bertz CT molecular complexity index is 207. The van der Waals surface area contributed by atoms with Gasteiger partial charge in [-0.25, -0.2) is 0 Å². The molecule has 3 heteroatoms. The first-order chi connectivity index (χ1) is 6.83. The third-order valence-corrected chi connectivity index (χ3v) is 3.70. The van der Waals surface area contributed by atoms with Gasteiger partial charge in [-0.05, 0) is 24.7 Å². The van der Waals surface area contributed by atoms with Gasteiger partial charge >= 0.3 is 5.97 Å². The molecule has 1 unspecified atom stereocenters. The van der Waals surface area contributed by atoms with Crippen molar-refractivity contribution in [2.75, 3.05) is 20.2 Å². The number of carbonyl (C=O) groups excluding carboxylic acids is 1. The fraction of sp³-hybridized carbons (Fsp3) is 0.909. The van der Waals surface area contributed by atoms with E-state index in [1.54, 1.807) is 0 Å². The minimum Gasteiger partial charge on any atom is -0.469 e. The van der Waals surface area contributed by atoms with E-state index in [0.29, 0.717) is 11.8 Å². The van der Waals surface area contributed by atoms with Crippen LogP contribution >= 0.6 is 0 Å². The molecule has 80 valence electrons. The molecule has 1 heterocycles. The smallest absolute Gasteiger partial charge is 0.309 e. The van der Waals surface area contributed by atoms with Crippen molar-refractivity contribution >= 4 is 5.97 Å². The molecule has 1 atom stereocenters. The van der Waals surface area contributed by atoms with E-state index in [4.69, 9.17) is 4.74 Å². The Balaban J connectivity index is 2.00. The Morgan fingerprint density at radius 2 is 1.93 bits per heavy atom. The van der Waals surface area contributed by atoms with Crippen LogP contribution in [0, 0.1) is 17.8 Å². The van der Waals surface area contributed by atoms with Gasteiger partial charge in [0.15, 0.2) is 0 Å². The molecular weight excluding hydrogens is 178 g/mol. The average molecular weight is 197 g/mol. The predicted molar refractivity (Wildman–Crippen MR) is 53.8 cm³/mol. The zero-order valence-electron chi connectivity index (χ0n) is 8.79. The van der Waals surface area contributed by atoms with Gasteiger partial charge in [-0.1, -0.05) is 12.8 Å². The fourth-order valence-electron chi connectivity index (χ4n) is 2.79. The maximum Gasteiger partial charge on any atom is 0.309 e. The molecule has 0 radical (unpaired) electrons. The highest BCUT2D eigenvalue weighted by molar-refractivity contribution is 5.73. The minimum atomic E-state index is 0.0170. The lowest BCUT2D eigenvalue weighted by Gasteiger charge is -2.36. The van der Waals surface area contributed by atoms with E-state index >= 15 is 0 Å². The molecular formula is C11H19NO2. The Labute approximate surface area is 85.2 Å². The Morgan fingerprint density at radius 1 is 1.29 bits per heavy atom. The minimum absolute atomic E-state index is 0.0170. The van der Waals surface area contributed by atoms with E-state index in [2.05, 4.69) is 5.32 Å². The van der Waals surface area contributed by atoms with Crippen LogP contribution in [0.5, 0.6) is 0 Å². The number of carbonyl (C=O) groups is 1. The quantitative estimate of drug-likeness (QED) is 0.691. The summed E-state index contributed by atoms with van der Waals surface area (Å²) in [7, 11) is 1.51. The molecule has 2 aliphatic rings. The second-order valence-corrected chi connectivity index (χ2v) is 4.51. The maximum atomic E-state index is 11.7.